The Bertz CT molecular complexity index is 445. The Labute approximate surface area is 104 Å². The van der Waals surface area contributed by atoms with Gasteiger partial charge in [-0.1, -0.05) is 29.8 Å². The zero-order valence-electron chi connectivity index (χ0n) is 9.11. The predicted octanol–water partition coefficient (Wildman–Crippen LogP) is 1.84. The average Bonchev–Trinajstić information content (AvgIpc) is 2.38. The maximum absolute atomic E-state index is 11.7. The molecule has 2 rings (SSSR count). The van der Waals surface area contributed by atoms with Crippen LogP contribution in [0.2, 0.25) is 5.02 Å². The highest BCUT2D eigenvalue weighted by molar-refractivity contribution is 6.31. The van der Waals surface area contributed by atoms with E-state index in [1.807, 2.05) is 18.2 Å². The molecule has 0 bridgehead atoms. The first-order valence-electron chi connectivity index (χ1n) is 5.23. The zero-order chi connectivity index (χ0) is 12.1. The Morgan fingerprint density at radius 3 is 2.88 bits per heavy atom. The lowest BCUT2D eigenvalue weighted by Gasteiger charge is -2.15. The van der Waals surface area contributed by atoms with E-state index in [1.165, 1.54) is 6.26 Å². The van der Waals surface area contributed by atoms with Gasteiger partial charge in [0.1, 0.15) is 19.5 Å². The second-order valence-corrected chi connectivity index (χ2v) is 3.88. The molecule has 1 aromatic carbocycles. The van der Waals surface area contributed by atoms with Crippen molar-refractivity contribution in [3.05, 3.63) is 46.9 Å². The minimum absolute atomic E-state index is 0.198. The number of nitrogens with one attached hydrogen (secondary N) is 1. The predicted molar refractivity (Wildman–Crippen MR) is 63.3 cm³/mol. The molecule has 0 saturated carbocycles. The van der Waals surface area contributed by atoms with Gasteiger partial charge >= 0.3 is 0 Å². The van der Waals surface area contributed by atoms with Crippen molar-refractivity contribution in [2.45, 2.75) is 6.54 Å². The molecule has 1 aliphatic rings. The van der Waals surface area contributed by atoms with Gasteiger partial charge in [0, 0.05) is 11.6 Å². The highest BCUT2D eigenvalue weighted by Crippen LogP contribution is 2.14. The van der Waals surface area contributed by atoms with E-state index in [2.05, 4.69) is 5.32 Å². The van der Waals surface area contributed by atoms with Gasteiger partial charge in [0.25, 0.3) is 5.91 Å². The van der Waals surface area contributed by atoms with E-state index in [4.69, 9.17) is 21.1 Å². The van der Waals surface area contributed by atoms with Gasteiger partial charge in [-0.15, -0.1) is 0 Å². The molecule has 1 amide bonds. The van der Waals surface area contributed by atoms with Crippen molar-refractivity contribution >= 4 is 17.5 Å². The summed E-state index contributed by atoms with van der Waals surface area (Å²) in [5.41, 5.74) is 0.861. The molecular weight excluding hydrogens is 242 g/mol. The smallest absolute Gasteiger partial charge is 0.289 e. The fourth-order valence-corrected chi connectivity index (χ4v) is 1.59. The van der Waals surface area contributed by atoms with Crippen LogP contribution in [0.1, 0.15) is 5.56 Å². The van der Waals surface area contributed by atoms with Crippen LogP contribution in [0.3, 0.4) is 0 Å². The van der Waals surface area contributed by atoms with E-state index in [-0.39, 0.29) is 11.7 Å². The lowest BCUT2D eigenvalue weighted by molar-refractivity contribution is -0.122. The number of benzene rings is 1. The van der Waals surface area contributed by atoms with Crippen molar-refractivity contribution in [2.24, 2.45) is 0 Å². The molecule has 5 heteroatoms. The first-order chi connectivity index (χ1) is 8.27. The summed E-state index contributed by atoms with van der Waals surface area (Å²) < 4.78 is 10.2. The van der Waals surface area contributed by atoms with Gasteiger partial charge in [-0.05, 0) is 11.6 Å². The number of hydrogen-bond acceptors (Lipinski definition) is 3. The Balaban J connectivity index is 1.92. The van der Waals surface area contributed by atoms with Crippen molar-refractivity contribution in [3.8, 4) is 0 Å². The number of halogens is 1. The summed E-state index contributed by atoms with van der Waals surface area (Å²) in [7, 11) is 0. The van der Waals surface area contributed by atoms with E-state index >= 15 is 0 Å². The van der Waals surface area contributed by atoms with E-state index < -0.39 is 0 Å². The van der Waals surface area contributed by atoms with Crippen LogP contribution in [0.25, 0.3) is 0 Å². The van der Waals surface area contributed by atoms with Crippen LogP contribution in [-0.4, -0.2) is 19.1 Å². The van der Waals surface area contributed by atoms with Gasteiger partial charge in [0.15, 0.2) is 0 Å². The molecule has 1 aliphatic heterocycles. The van der Waals surface area contributed by atoms with Crippen LogP contribution in [-0.2, 0) is 20.8 Å². The number of ether oxygens (including phenoxy) is 2. The van der Waals surface area contributed by atoms with Crippen LogP contribution in [0, 0.1) is 0 Å². The van der Waals surface area contributed by atoms with Crippen molar-refractivity contribution in [2.75, 3.05) is 13.2 Å². The van der Waals surface area contributed by atoms with E-state index in [0.29, 0.717) is 24.8 Å². The minimum atomic E-state index is -0.301. The summed E-state index contributed by atoms with van der Waals surface area (Å²) in [6.07, 6.45) is 1.32. The standard InChI is InChI=1S/C12H12ClNO3/c13-10-4-2-1-3-9(10)7-14-12(15)11-8-16-5-6-17-11/h1-4,8H,5-7H2,(H,14,15). The third kappa shape index (κ3) is 3.14. The summed E-state index contributed by atoms with van der Waals surface area (Å²) in [4.78, 5) is 11.7. The zero-order valence-corrected chi connectivity index (χ0v) is 9.87. The molecule has 0 spiro atoms. The molecule has 0 atom stereocenters. The number of carbonyl (C=O) groups is 1. The van der Waals surface area contributed by atoms with Gasteiger partial charge in [-0.2, -0.15) is 0 Å². The molecule has 0 radical (unpaired) electrons. The van der Waals surface area contributed by atoms with Gasteiger partial charge < -0.3 is 14.8 Å². The number of amides is 1. The van der Waals surface area contributed by atoms with Crippen LogP contribution >= 0.6 is 11.6 Å². The van der Waals surface area contributed by atoms with E-state index in [9.17, 15) is 4.79 Å². The Morgan fingerprint density at radius 1 is 1.35 bits per heavy atom. The lowest BCUT2D eigenvalue weighted by atomic mass is 10.2. The number of hydrogen-bond donors (Lipinski definition) is 1. The third-order valence-corrected chi connectivity index (χ3v) is 2.64. The first kappa shape index (κ1) is 11.8. The van der Waals surface area contributed by atoms with Gasteiger partial charge in [0.05, 0.1) is 0 Å². The molecule has 17 heavy (non-hydrogen) atoms. The molecule has 0 saturated heterocycles. The molecule has 0 unspecified atom stereocenters. The second-order valence-electron chi connectivity index (χ2n) is 3.48. The molecule has 0 aliphatic carbocycles. The number of carbonyl (C=O) groups excluding carboxylic acids is 1. The Kier molecular flexibility index (Phi) is 3.88. The van der Waals surface area contributed by atoms with Gasteiger partial charge in [-0.3, -0.25) is 4.79 Å². The SMILES string of the molecule is O=C(NCc1ccccc1Cl)C1=COCCO1. The van der Waals surface area contributed by atoms with E-state index in [0.717, 1.165) is 5.56 Å². The van der Waals surface area contributed by atoms with Crippen LogP contribution in [0.4, 0.5) is 0 Å². The van der Waals surface area contributed by atoms with Crippen molar-refractivity contribution < 1.29 is 14.3 Å². The second kappa shape index (κ2) is 5.59. The summed E-state index contributed by atoms with van der Waals surface area (Å²) >= 11 is 5.97. The molecule has 0 fully saturated rings. The Morgan fingerprint density at radius 2 is 2.18 bits per heavy atom. The summed E-state index contributed by atoms with van der Waals surface area (Å²) in [5, 5.41) is 3.34. The van der Waals surface area contributed by atoms with Gasteiger partial charge in [-0.25, -0.2) is 0 Å². The van der Waals surface area contributed by atoms with Crippen molar-refractivity contribution in [3.63, 3.8) is 0 Å². The highest BCUT2D eigenvalue weighted by atomic mass is 35.5. The first-order valence-corrected chi connectivity index (χ1v) is 5.61. The molecule has 1 N–H and O–H groups in total. The summed E-state index contributed by atoms with van der Waals surface area (Å²) in [5.74, 6) is -0.104. The van der Waals surface area contributed by atoms with Gasteiger partial charge in [0.2, 0.25) is 5.76 Å². The van der Waals surface area contributed by atoms with Crippen LogP contribution in [0.15, 0.2) is 36.3 Å². The monoisotopic (exact) mass is 253 g/mol. The normalized spacial score (nSPS) is 14.3. The van der Waals surface area contributed by atoms with Crippen LogP contribution < -0.4 is 5.32 Å². The largest absolute Gasteiger partial charge is 0.494 e. The van der Waals surface area contributed by atoms with Crippen molar-refractivity contribution in [1.82, 2.24) is 5.32 Å². The quantitative estimate of drug-likeness (QED) is 0.894. The molecule has 1 heterocycles. The highest BCUT2D eigenvalue weighted by Gasteiger charge is 2.14. The topological polar surface area (TPSA) is 47.6 Å². The lowest BCUT2D eigenvalue weighted by Crippen LogP contribution is -2.28. The minimum Gasteiger partial charge on any atom is -0.494 e. The fourth-order valence-electron chi connectivity index (χ4n) is 1.39. The Hall–Kier alpha value is -1.68. The number of rotatable bonds is 3. The van der Waals surface area contributed by atoms with E-state index in [1.54, 1.807) is 6.07 Å². The molecule has 1 aromatic rings. The molecule has 0 aromatic heterocycles. The summed E-state index contributed by atoms with van der Waals surface area (Å²) in [6, 6.07) is 7.35. The average molecular weight is 254 g/mol. The fraction of sp³-hybridized carbons (Fsp3) is 0.250. The third-order valence-electron chi connectivity index (χ3n) is 2.27. The molecular formula is C12H12ClNO3. The maximum Gasteiger partial charge on any atom is 0.289 e. The maximum atomic E-state index is 11.7. The van der Waals surface area contributed by atoms with Crippen molar-refractivity contribution in [1.29, 1.82) is 0 Å². The molecule has 90 valence electrons. The summed E-state index contributed by atoms with van der Waals surface area (Å²) in [6.45, 7) is 1.23. The van der Waals surface area contributed by atoms with Crippen LogP contribution in [0.5, 0.6) is 0 Å². The molecule has 4 nitrogen and oxygen atoms in total.